The van der Waals surface area contributed by atoms with Crippen molar-refractivity contribution in [3.63, 3.8) is 0 Å². The summed E-state index contributed by atoms with van der Waals surface area (Å²) in [5, 5.41) is 3.66. The van der Waals surface area contributed by atoms with Crippen molar-refractivity contribution >= 4 is 17.7 Å². The number of hydrogen-bond acceptors (Lipinski definition) is 3. The molecule has 0 aromatic heterocycles. The summed E-state index contributed by atoms with van der Waals surface area (Å²) in [5.74, 6) is -0.227. The van der Waals surface area contributed by atoms with E-state index in [-0.39, 0.29) is 23.4 Å². The molecule has 166 valence electrons. The molecule has 1 N–H and O–H groups in total. The van der Waals surface area contributed by atoms with Crippen LogP contribution in [-0.2, 0) is 16.1 Å². The molecule has 0 unspecified atom stereocenters. The van der Waals surface area contributed by atoms with E-state index in [1.165, 1.54) is 5.57 Å². The Hall–Kier alpha value is -3.07. The zero-order valence-electron chi connectivity index (χ0n) is 20.0. The highest BCUT2D eigenvalue weighted by molar-refractivity contribution is 5.95. The second-order valence-corrected chi connectivity index (χ2v) is 9.89. The molecule has 0 saturated carbocycles. The van der Waals surface area contributed by atoms with Crippen molar-refractivity contribution in [1.82, 2.24) is 0 Å². The minimum absolute atomic E-state index is 0.175. The first-order valence-electron chi connectivity index (χ1n) is 11.2. The van der Waals surface area contributed by atoms with E-state index in [9.17, 15) is 4.79 Å². The first-order chi connectivity index (χ1) is 15.1. The van der Waals surface area contributed by atoms with Crippen LogP contribution in [0.1, 0.15) is 52.7 Å². The number of esters is 1. The largest absolute Gasteiger partial charge is 0.457 e. The third kappa shape index (κ3) is 2.83. The van der Waals surface area contributed by atoms with Crippen molar-refractivity contribution in [1.29, 1.82) is 0 Å². The van der Waals surface area contributed by atoms with E-state index in [1.807, 2.05) is 42.5 Å². The zero-order chi connectivity index (χ0) is 23.3. The van der Waals surface area contributed by atoms with E-state index < -0.39 is 5.41 Å². The minimum atomic E-state index is -0.477. The molecule has 0 saturated heterocycles. The molecule has 0 fully saturated rings. The number of allylic oxidation sites excluding steroid dienone is 3. The van der Waals surface area contributed by atoms with Crippen molar-refractivity contribution < 1.29 is 9.53 Å². The van der Waals surface area contributed by atoms with E-state index in [2.05, 4.69) is 65.6 Å². The standard InChI is InChI=1S/C29H33NO2/c1-8-21-14-16-22(17-15-21)18-32-26(31)24-19(2)28(6)20(3)25(29(24,7)27(28,4)5)30-23-12-10-9-11-13-23/h8-17,30H,1,18H2,2-7H3/t28-,29+/m0/s1. The lowest BCUT2D eigenvalue weighted by Crippen LogP contribution is -2.40. The maximum Gasteiger partial charge on any atom is 0.335 e. The SMILES string of the molecule is C=Cc1ccc(COC(=O)C2=C(C)[C@@]3(C)C(C)=C(Nc4ccccc4)[C@]2(C)C3(C)C)cc1. The van der Waals surface area contributed by atoms with Crippen molar-refractivity contribution in [3.8, 4) is 0 Å². The van der Waals surface area contributed by atoms with Crippen molar-refractivity contribution in [3.05, 3.63) is 94.7 Å². The summed E-state index contributed by atoms with van der Waals surface area (Å²) in [4.78, 5) is 13.5. The maximum absolute atomic E-state index is 13.5. The summed E-state index contributed by atoms with van der Waals surface area (Å²) in [6, 6.07) is 18.1. The molecule has 3 heteroatoms. The van der Waals surface area contributed by atoms with Crippen molar-refractivity contribution in [2.24, 2.45) is 16.2 Å². The van der Waals surface area contributed by atoms with Gasteiger partial charge in [0.25, 0.3) is 0 Å². The van der Waals surface area contributed by atoms with Gasteiger partial charge in [-0.3, -0.25) is 0 Å². The first kappa shape index (κ1) is 22.1. The van der Waals surface area contributed by atoms with E-state index in [0.29, 0.717) is 0 Å². The molecule has 32 heavy (non-hydrogen) atoms. The van der Waals surface area contributed by atoms with Gasteiger partial charge >= 0.3 is 5.97 Å². The number of ether oxygens (including phenoxy) is 1. The lowest BCUT2D eigenvalue weighted by Gasteiger charge is -2.42. The number of para-hydroxylation sites is 1. The predicted octanol–water partition coefficient (Wildman–Crippen LogP) is 7.14. The number of rotatable bonds is 6. The highest BCUT2D eigenvalue weighted by Gasteiger charge is 2.70. The van der Waals surface area contributed by atoms with Gasteiger partial charge in [-0.15, -0.1) is 0 Å². The van der Waals surface area contributed by atoms with E-state index in [1.54, 1.807) is 6.08 Å². The maximum atomic E-state index is 13.5. The fourth-order valence-corrected chi connectivity index (χ4v) is 5.93. The summed E-state index contributed by atoms with van der Waals surface area (Å²) in [6.07, 6.45) is 1.80. The molecule has 0 spiro atoms. The normalized spacial score (nSPS) is 25.8. The molecular weight excluding hydrogens is 394 g/mol. The van der Waals surface area contributed by atoms with Gasteiger partial charge in [0.1, 0.15) is 6.61 Å². The molecule has 2 bridgehead atoms. The highest BCUT2D eigenvalue weighted by Crippen LogP contribution is 2.75. The Labute approximate surface area is 191 Å². The van der Waals surface area contributed by atoms with Gasteiger partial charge in [-0.25, -0.2) is 4.79 Å². The van der Waals surface area contributed by atoms with Crippen LogP contribution in [-0.4, -0.2) is 5.97 Å². The van der Waals surface area contributed by atoms with Gasteiger partial charge in [-0.2, -0.15) is 0 Å². The third-order valence-corrected chi connectivity index (χ3v) is 8.58. The summed E-state index contributed by atoms with van der Waals surface area (Å²) in [6.45, 7) is 17.3. The second kappa shape index (κ2) is 7.51. The number of carbonyl (C=O) groups excluding carboxylic acids is 1. The average Bonchev–Trinajstić information content (AvgIpc) is 2.98. The van der Waals surface area contributed by atoms with Crippen LogP contribution in [0.5, 0.6) is 0 Å². The van der Waals surface area contributed by atoms with Crippen LogP contribution in [0, 0.1) is 16.2 Å². The molecule has 0 radical (unpaired) electrons. The van der Waals surface area contributed by atoms with Crippen LogP contribution in [0.15, 0.2) is 83.6 Å². The highest BCUT2D eigenvalue weighted by atomic mass is 16.5. The molecule has 2 aliphatic rings. The molecule has 0 amide bonds. The quantitative estimate of drug-likeness (QED) is 0.498. The van der Waals surface area contributed by atoms with Gasteiger partial charge in [0.2, 0.25) is 0 Å². The van der Waals surface area contributed by atoms with E-state index in [0.717, 1.165) is 33.7 Å². The molecule has 3 nitrogen and oxygen atoms in total. The Morgan fingerprint density at radius 1 is 0.938 bits per heavy atom. The Morgan fingerprint density at radius 3 is 2.12 bits per heavy atom. The van der Waals surface area contributed by atoms with Gasteiger partial charge in [-0.05, 0) is 55.0 Å². The Balaban J connectivity index is 1.67. The van der Waals surface area contributed by atoms with E-state index in [4.69, 9.17) is 4.74 Å². The Morgan fingerprint density at radius 2 is 1.56 bits per heavy atom. The zero-order valence-corrected chi connectivity index (χ0v) is 20.0. The van der Waals surface area contributed by atoms with Crippen molar-refractivity contribution in [2.45, 2.75) is 48.1 Å². The van der Waals surface area contributed by atoms with E-state index >= 15 is 0 Å². The van der Waals surface area contributed by atoms with Crippen LogP contribution in [0.25, 0.3) is 6.08 Å². The minimum Gasteiger partial charge on any atom is -0.457 e. The molecule has 2 atom stereocenters. The number of benzene rings is 2. The molecule has 2 aromatic carbocycles. The van der Waals surface area contributed by atoms with Gasteiger partial charge in [-0.1, -0.05) is 81.5 Å². The van der Waals surface area contributed by atoms with Gasteiger partial charge in [0, 0.05) is 27.8 Å². The smallest absolute Gasteiger partial charge is 0.335 e. The molecule has 0 heterocycles. The monoisotopic (exact) mass is 427 g/mol. The average molecular weight is 428 g/mol. The number of fused-ring (bicyclic) bond motifs is 2. The van der Waals surface area contributed by atoms with Crippen LogP contribution in [0.3, 0.4) is 0 Å². The molecule has 2 aliphatic carbocycles. The number of hydrogen-bond donors (Lipinski definition) is 1. The molecule has 2 aromatic rings. The number of nitrogens with one attached hydrogen (secondary N) is 1. The van der Waals surface area contributed by atoms with Crippen LogP contribution in [0.2, 0.25) is 0 Å². The van der Waals surface area contributed by atoms with Crippen LogP contribution < -0.4 is 5.32 Å². The van der Waals surface area contributed by atoms with Gasteiger partial charge in [0.05, 0.1) is 0 Å². The molecular formula is C29H33NO2. The topological polar surface area (TPSA) is 38.3 Å². The molecule has 4 rings (SSSR count). The Kier molecular flexibility index (Phi) is 5.20. The Bertz CT molecular complexity index is 1140. The second-order valence-electron chi connectivity index (χ2n) is 9.89. The van der Waals surface area contributed by atoms with Crippen LogP contribution in [0.4, 0.5) is 5.69 Å². The number of anilines is 1. The summed E-state index contributed by atoms with van der Waals surface area (Å²) in [7, 11) is 0. The van der Waals surface area contributed by atoms with Gasteiger partial charge in [0.15, 0.2) is 0 Å². The summed E-state index contributed by atoms with van der Waals surface area (Å²) < 4.78 is 5.87. The van der Waals surface area contributed by atoms with Crippen molar-refractivity contribution in [2.75, 3.05) is 5.32 Å². The first-order valence-corrected chi connectivity index (χ1v) is 11.2. The predicted molar refractivity (Wildman–Crippen MR) is 132 cm³/mol. The summed E-state index contributed by atoms with van der Waals surface area (Å²) >= 11 is 0. The lowest BCUT2D eigenvalue weighted by molar-refractivity contribution is -0.141. The lowest BCUT2D eigenvalue weighted by atomic mass is 9.60. The number of carbonyl (C=O) groups is 1. The molecule has 0 aliphatic heterocycles. The van der Waals surface area contributed by atoms with Gasteiger partial charge < -0.3 is 10.1 Å². The third-order valence-electron chi connectivity index (χ3n) is 8.58. The fourth-order valence-electron chi connectivity index (χ4n) is 5.93. The fraction of sp³-hybridized carbons (Fsp3) is 0.345. The summed E-state index contributed by atoms with van der Waals surface area (Å²) in [5.41, 5.74) is 6.49. The van der Waals surface area contributed by atoms with Crippen LogP contribution >= 0.6 is 0 Å².